The van der Waals surface area contributed by atoms with E-state index in [2.05, 4.69) is 36.9 Å². The van der Waals surface area contributed by atoms with Crippen molar-refractivity contribution in [2.45, 2.75) is 11.8 Å². The summed E-state index contributed by atoms with van der Waals surface area (Å²) in [4.78, 5) is 17.9. The Kier molecular flexibility index (Phi) is 8.34. The monoisotopic (exact) mass is 568 g/mol. The van der Waals surface area contributed by atoms with E-state index in [0.29, 0.717) is 10.2 Å². The number of benzene rings is 3. The molecule has 0 atom stereocenters. The van der Waals surface area contributed by atoms with E-state index >= 15 is 0 Å². The number of hydrogen-bond acceptors (Lipinski definition) is 5. The number of hydrogen-bond donors (Lipinski definition) is 3. The van der Waals surface area contributed by atoms with Gasteiger partial charge in [0.05, 0.1) is 11.4 Å². The molecule has 0 radical (unpaired) electrons. The number of nitrogens with one attached hydrogen (secondary N) is 3. The summed E-state index contributed by atoms with van der Waals surface area (Å²) in [5.74, 6) is 0.180. The van der Waals surface area contributed by atoms with Gasteiger partial charge in [0.1, 0.15) is 0 Å². The van der Waals surface area contributed by atoms with Crippen LogP contribution in [0.1, 0.15) is 5.56 Å². The number of anilines is 3. The van der Waals surface area contributed by atoms with Crippen LogP contribution in [0, 0.1) is 6.92 Å². The molecule has 3 aromatic carbocycles. The second-order valence-electron chi connectivity index (χ2n) is 7.35. The number of thiocarbonyl (C=S) groups is 1. The lowest BCUT2D eigenvalue weighted by molar-refractivity contribution is -0.113. The topological polar surface area (TPSA) is 66.0 Å². The molecule has 1 aromatic heterocycles. The van der Waals surface area contributed by atoms with E-state index in [0.717, 1.165) is 32.0 Å². The molecule has 1 heterocycles. The summed E-state index contributed by atoms with van der Waals surface area (Å²) in [7, 11) is 0. The molecule has 0 aliphatic rings. The summed E-state index contributed by atoms with van der Waals surface area (Å²) >= 11 is 11.7. The molecule has 0 aliphatic carbocycles. The van der Waals surface area contributed by atoms with E-state index in [4.69, 9.17) is 12.2 Å². The minimum Gasteiger partial charge on any atom is -0.332 e. The summed E-state index contributed by atoms with van der Waals surface area (Å²) < 4.78 is 1.01. The molecule has 0 aliphatic heterocycles. The lowest BCUT2D eigenvalue weighted by atomic mass is 10.2. The fourth-order valence-corrected chi connectivity index (χ4v) is 4.97. The van der Waals surface area contributed by atoms with Crippen LogP contribution in [0.4, 0.5) is 16.5 Å². The lowest BCUT2D eigenvalue weighted by Gasteiger charge is -2.11. The van der Waals surface area contributed by atoms with Gasteiger partial charge < -0.3 is 16.0 Å². The highest BCUT2D eigenvalue weighted by atomic mass is 79.9. The molecule has 4 aromatic rings. The van der Waals surface area contributed by atoms with Gasteiger partial charge in [-0.05, 0) is 61.6 Å². The molecular weight excluding hydrogens is 548 g/mol. The smallest absolute Gasteiger partial charge is 0.236 e. The average Bonchev–Trinajstić information content (AvgIpc) is 3.28. The Morgan fingerprint density at radius 2 is 1.74 bits per heavy atom. The highest BCUT2D eigenvalue weighted by Gasteiger charge is 2.09. The van der Waals surface area contributed by atoms with Gasteiger partial charge in [-0.3, -0.25) is 4.79 Å². The first-order valence-corrected chi connectivity index (χ1v) is 13.4. The van der Waals surface area contributed by atoms with Crippen LogP contribution in [0.3, 0.4) is 0 Å². The van der Waals surface area contributed by atoms with E-state index in [1.807, 2.05) is 85.1 Å². The van der Waals surface area contributed by atoms with Crippen molar-refractivity contribution in [1.82, 2.24) is 4.98 Å². The second kappa shape index (κ2) is 11.6. The Labute approximate surface area is 220 Å². The molecular formula is C25H21BrN4OS3. The molecule has 0 bridgehead atoms. The van der Waals surface area contributed by atoms with Gasteiger partial charge in [0.25, 0.3) is 0 Å². The number of amides is 1. The van der Waals surface area contributed by atoms with Crippen molar-refractivity contribution >= 4 is 78.8 Å². The molecule has 4 rings (SSSR count). The maximum absolute atomic E-state index is 12.4. The number of aromatic nitrogens is 1. The van der Waals surface area contributed by atoms with Crippen LogP contribution in [0.2, 0.25) is 0 Å². The summed E-state index contributed by atoms with van der Waals surface area (Å²) in [6.45, 7) is 2.04. The molecule has 0 fully saturated rings. The van der Waals surface area contributed by atoms with Crippen LogP contribution >= 0.6 is 51.2 Å². The van der Waals surface area contributed by atoms with E-state index in [-0.39, 0.29) is 11.7 Å². The molecule has 172 valence electrons. The first kappa shape index (κ1) is 24.4. The van der Waals surface area contributed by atoms with Crippen LogP contribution in [0.5, 0.6) is 0 Å². The molecule has 34 heavy (non-hydrogen) atoms. The molecule has 0 unspecified atom stereocenters. The minimum atomic E-state index is -0.100. The van der Waals surface area contributed by atoms with Crippen molar-refractivity contribution in [3.05, 3.63) is 88.2 Å². The normalized spacial score (nSPS) is 10.5. The predicted octanol–water partition coefficient (Wildman–Crippen LogP) is 7.42. The number of thiazole rings is 1. The van der Waals surface area contributed by atoms with Crippen LogP contribution in [-0.2, 0) is 4.79 Å². The summed E-state index contributed by atoms with van der Waals surface area (Å²) in [6, 6.07) is 23.8. The van der Waals surface area contributed by atoms with Crippen LogP contribution in [0.25, 0.3) is 11.3 Å². The number of nitrogens with zero attached hydrogens (tertiary/aromatic N) is 1. The molecule has 0 saturated carbocycles. The SMILES string of the molecule is Cc1ccc(NC(=S)Nc2cccc(SCC(=O)Nc3nc(-c4ccc(Br)cc4)cs3)c2)cc1. The molecule has 1 amide bonds. The summed E-state index contributed by atoms with van der Waals surface area (Å²) in [5, 5.41) is 12.3. The highest BCUT2D eigenvalue weighted by molar-refractivity contribution is 9.10. The third kappa shape index (κ3) is 7.14. The Morgan fingerprint density at radius 1 is 1.00 bits per heavy atom. The lowest BCUT2D eigenvalue weighted by Crippen LogP contribution is -2.19. The Balaban J connectivity index is 1.28. The Bertz CT molecular complexity index is 1290. The van der Waals surface area contributed by atoms with Crippen molar-refractivity contribution in [1.29, 1.82) is 0 Å². The molecule has 0 saturated heterocycles. The number of thioether (sulfide) groups is 1. The highest BCUT2D eigenvalue weighted by Crippen LogP contribution is 2.27. The van der Waals surface area contributed by atoms with Crippen molar-refractivity contribution in [3.8, 4) is 11.3 Å². The summed E-state index contributed by atoms with van der Waals surface area (Å²) in [5.41, 5.74) is 4.82. The van der Waals surface area contributed by atoms with E-state index < -0.39 is 0 Å². The summed E-state index contributed by atoms with van der Waals surface area (Å²) in [6.07, 6.45) is 0. The van der Waals surface area contributed by atoms with E-state index in [1.165, 1.54) is 28.7 Å². The first-order valence-electron chi connectivity index (χ1n) is 10.3. The van der Waals surface area contributed by atoms with Gasteiger partial charge in [0.15, 0.2) is 10.2 Å². The van der Waals surface area contributed by atoms with Crippen LogP contribution in [-0.4, -0.2) is 21.8 Å². The van der Waals surface area contributed by atoms with Crippen molar-refractivity contribution in [3.63, 3.8) is 0 Å². The third-order valence-electron chi connectivity index (χ3n) is 4.66. The number of carbonyl (C=O) groups excluding carboxylic acids is 1. The van der Waals surface area contributed by atoms with Crippen molar-refractivity contribution in [2.24, 2.45) is 0 Å². The van der Waals surface area contributed by atoms with Gasteiger partial charge in [-0.2, -0.15) is 0 Å². The molecule has 3 N–H and O–H groups in total. The van der Waals surface area contributed by atoms with E-state index in [1.54, 1.807) is 0 Å². The zero-order chi connectivity index (χ0) is 23.9. The van der Waals surface area contributed by atoms with Gasteiger partial charge in [-0.1, -0.05) is 51.8 Å². The number of carbonyl (C=O) groups is 1. The quantitative estimate of drug-likeness (QED) is 0.159. The minimum absolute atomic E-state index is 0.100. The largest absolute Gasteiger partial charge is 0.332 e. The zero-order valence-electron chi connectivity index (χ0n) is 18.2. The fraction of sp³-hybridized carbons (Fsp3) is 0.0800. The fourth-order valence-electron chi connectivity index (χ4n) is 2.98. The number of rotatable bonds is 7. The standard InChI is InChI=1S/C25H21BrN4OS3/c1-16-5-11-19(12-6-16)27-24(32)28-20-3-2-4-21(13-20)33-15-23(31)30-25-29-22(14-34-25)17-7-9-18(26)10-8-17/h2-14H,15H2,1H3,(H2,27,28,32)(H,29,30,31). The zero-order valence-corrected chi connectivity index (χ0v) is 22.2. The number of halogens is 1. The second-order valence-corrected chi connectivity index (χ2v) is 10.6. The molecule has 0 spiro atoms. The van der Waals surface area contributed by atoms with Gasteiger partial charge in [0.2, 0.25) is 5.91 Å². The van der Waals surface area contributed by atoms with Crippen molar-refractivity contribution < 1.29 is 4.79 Å². The van der Waals surface area contributed by atoms with E-state index in [9.17, 15) is 4.79 Å². The predicted molar refractivity (Wildman–Crippen MR) is 152 cm³/mol. The van der Waals surface area contributed by atoms with Crippen LogP contribution in [0.15, 0.2) is 87.5 Å². The van der Waals surface area contributed by atoms with Gasteiger partial charge in [0, 0.05) is 31.7 Å². The molecule has 5 nitrogen and oxygen atoms in total. The maximum Gasteiger partial charge on any atom is 0.236 e. The average molecular weight is 570 g/mol. The first-order chi connectivity index (χ1) is 16.4. The molecule has 9 heteroatoms. The Morgan fingerprint density at radius 3 is 2.50 bits per heavy atom. The number of aryl methyl sites for hydroxylation is 1. The van der Waals surface area contributed by atoms with Gasteiger partial charge in [-0.15, -0.1) is 23.1 Å². The Hall–Kier alpha value is -2.72. The van der Waals surface area contributed by atoms with Crippen molar-refractivity contribution in [2.75, 3.05) is 21.7 Å². The third-order valence-corrected chi connectivity index (χ3v) is 7.15. The maximum atomic E-state index is 12.4. The van der Waals surface area contributed by atoms with Gasteiger partial charge in [-0.25, -0.2) is 4.98 Å². The van der Waals surface area contributed by atoms with Crippen LogP contribution < -0.4 is 16.0 Å². The van der Waals surface area contributed by atoms with Gasteiger partial charge >= 0.3 is 0 Å².